The van der Waals surface area contributed by atoms with Crippen molar-refractivity contribution in [3.05, 3.63) is 64.2 Å². The van der Waals surface area contributed by atoms with Gasteiger partial charge in [-0.2, -0.15) is 0 Å². The van der Waals surface area contributed by atoms with Crippen molar-refractivity contribution >= 4 is 38.8 Å². The molecule has 0 saturated heterocycles. The molecule has 2 aromatic rings. The van der Waals surface area contributed by atoms with E-state index < -0.39 is 32.4 Å². The van der Waals surface area contributed by atoms with Gasteiger partial charge in [-0.15, -0.1) is 0 Å². The van der Waals surface area contributed by atoms with Gasteiger partial charge in [-0.25, -0.2) is 4.79 Å². The van der Waals surface area contributed by atoms with E-state index in [1.54, 1.807) is 0 Å². The highest BCUT2D eigenvalue weighted by molar-refractivity contribution is 6.60. The second-order valence-corrected chi connectivity index (χ2v) is 12.0. The van der Waals surface area contributed by atoms with Gasteiger partial charge in [0.1, 0.15) is 5.75 Å². The average Bonchev–Trinajstić information content (AvgIpc) is 2.99. The van der Waals surface area contributed by atoms with Gasteiger partial charge in [-0.05, 0) is 63.9 Å². The maximum atomic E-state index is 13.4. The number of carbonyl (C=O) groups is 5. The molecule has 13 heteroatoms. The van der Waals surface area contributed by atoms with Crippen LogP contribution < -0.4 is 15.4 Å². The first-order valence-electron chi connectivity index (χ1n) is 14.3. The molecule has 0 bridgehead atoms. The fourth-order valence-corrected chi connectivity index (χ4v) is 6.92. The molecule has 0 aliphatic carbocycles. The quantitative estimate of drug-likeness (QED) is 0.0861. The van der Waals surface area contributed by atoms with Crippen LogP contribution in [0.25, 0.3) is 0 Å². The summed E-state index contributed by atoms with van der Waals surface area (Å²) in [5, 5.41) is 15.1. The molecule has 43 heavy (non-hydrogen) atoms. The Bertz CT molecular complexity index is 1270. The monoisotopic (exact) mass is 616 g/mol. The number of carboxylic acids is 1. The number of ether oxygens (including phenoxy) is 1. The van der Waals surface area contributed by atoms with Gasteiger partial charge >= 0.3 is 14.8 Å². The first-order chi connectivity index (χ1) is 20.7. The molecule has 234 valence electrons. The molecule has 2 rings (SSSR count). The Morgan fingerprint density at radius 3 is 1.84 bits per heavy atom. The average molecular weight is 617 g/mol. The number of ketones is 1. The van der Waals surface area contributed by atoms with E-state index in [0.717, 1.165) is 12.8 Å². The highest BCUT2D eigenvalue weighted by Gasteiger charge is 2.39. The van der Waals surface area contributed by atoms with Crippen LogP contribution in [0, 0.1) is 0 Å². The van der Waals surface area contributed by atoms with Crippen LogP contribution in [0.2, 0.25) is 6.04 Å². The van der Waals surface area contributed by atoms with Crippen molar-refractivity contribution in [2.24, 2.45) is 0 Å². The zero-order valence-corrected chi connectivity index (χ0v) is 26.0. The lowest BCUT2D eigenvalue weighted by molar-refractivity contribution is -0.120. The van der Waals surface area contributed by atoms with Crippen LogP contribution in [-0.4, -0.2) is 76.9 Å². The van der Waals surface area contributed by atoms with Crippen molar-refractivity contribution in [3.8, 4) is 5.75 Å². The number of carbonyl (C=O) groups excluding carboxylic acids is 4. The summed E-state index contributed by atoms with van der Waals surface area (Å²) in [6.07, 6.45) is 2.05. The minimum absolute atomic E-state index is 0.0139. The van der Waals surface area contributed by atoms with E-state index in [2.05, 4.69) is 10.6 Å². The van der Waals surface area contributed by atoms with E-state index in [9.17, 15) is 29.1 Å². The molecule has 2 amide bonds. The molecule has 3 N–H and O–H groups in total. The van der Waals surface area contributed by atoms with Crippen molar-refractivity contribution in [1.29, 1.82) is 0 Å². The number of aromatic carboxylic acids is 1. The summed E-state index contributed by atoms with van der Waals surface area (Å²) in [4.78, 5) is 62.1. The van der Waals surface area contributed by atoms with E-state index >= 15 is 0 Å². The molecule has 0 radical (unpaired) electrons. The molecule has 2 aromatic carbocycles. The number of unbranched alkanes of at least 4 members (excludes halogenated alkanes) is 1. The summed E-state index contributed by atoms with van der Waals surface area (Å²) in [7, 11) is -2.92. The van der Waals surface area contributed by atoms with E-state index in [0.29, 0.717) is 38.8 Å². The predicted octanol–water partition coefficient (Wildman–Crippen LogP) is 3.85. The van der Waals surface area contributed by atoms with Crippen molar-refractivity contribution in [3.63, 3.8) is 0 Å². The van der Waals surface area contributed by atoms with Gasteiger partial charge in [-0.1, -0.05) is 19.4 Å². The number of benzene rings is 2. The van der Waals surface area contributed by atoms with E-state index in [4.69, 9.17) is 18.0 Å². The molecule has 0 spiro atoms. The van der Waals surface area contributed by atoms with Gasteiger partial charge in [0.2, 0.25) is 0 Å². The standard InChI is InChI=1S/C30H40N2O10Si/c1-5-9-15-31-29(36)25-19-22(12-14-26(25)39-20-33)27(34)21-11-13-23(30(37)38)24(18-21)28(35)32-16-10-17-43(40-6-2,41-7-3)42-8-4/h11-14,18-20H,5-10,15-17H2,1-4H3,(H,31,36)(H,32,35)(H,37,38). The molecule has 12 nitrogen and oxygen atoms in total. The van der Waals surface area contributed by atoms with Crippen LogP contribution in [0.1, 0.15) is 94.0 Å². The zero-order valence-electron chi connectivity index (χ0n) is 25.0. The van der Waals surface area contributed by atoms with Crippen molar-refractivity contribution in [2.45, 2.75) is 53.0 Å². The van der Waals surface area contributed by atoms with Crippen LogP contribution in [0.15, 0.2) is 36.4 Å². The van der Waals surface area contributed by atoms with Gasteiger partial charge in [0, 0.05) is 50.1 Å². The second kappa shape index (κ2) is 17.9. The zero-order chi connectivity index (χ0) is 31.8. The molecule has 0 atom stereocenters. The largest absolute Gasteiger partial charge is 0.500 e. The van der Waals surface area contributed by atoms with Crippen LogP contribution in [-0.2, 0) is 18.1 Å². The fraction of sp³-hybridized carbons (Fsp3) is 0.433. The van der Waals surface area contributed by atoms with Crippen molar-refractivity contribution in [2.75, 3.05) is 32.9 Å². The van der Waals surface area contributed by atoms with Gasteiger partial charge < -0.3 is 33.8 Å². The predicted molar refractivity (Wildman–Crippen MR) is 160 cm³/mol. The van der Waals surface area contributed by atoms with Crippen molar-refractivity contribution in [1.82, 2.24) is 10.6 Å². The summed E-state index contributed by atoms with van der Waals surface area (Å²) < 4.78 is 22.4. The Balaban J connectivity index is 2.28. The molecular weight excluding hydrogens is 576 g/mol. The Morgan fingerprint density at radius 2 is 1.30 bits per heavy atom. The SMILES string of the molecule is CCCCNC(=O)c1cc(C(=O)c2ccc(C(=O)O)c(C(=O)NCCC[Si](OCC)(OCC)OCC)c2)ccc1OC=O. The number of nitrogens with one attached hydrogen (secondary N) is 2. The molecular formula is C30H40N2O10Si. The summed E-state index contributed by atoms with van der Waals surface area (Å²) in [6.45, 7) is 9.52. The smallest absolute Gasteiger partial charge is 0.478 e. The number of carboxylic acid groups (broad SMARTS) is 1. The minimum Gasteiger partial charge on any atom is -0.478 e. The number of hydrogen-bond acceptors (Lipinski definition) is 9. The lowest BCUT2D eigenvalue weighted by Crippen LogP contribution is -2.46. The number of amides is 2. The normalized spacial score (nSPS) is 11.1. The maximum Gasteiger partial charge on any atom is 0.500 e. The highest BCUT2D eigenvalue weighted by Crippen LogP contribution is 2.23. The lowest BCUT2D eigenvalue weighted by atomic mass is 9.96. The first kappa shape index (κ1) is 35.3. The van der Waals surface area contributed by atoms with Gasteiger partial charge in [0.15, 0.2) is 5.78 Å². The van der Waals surface area contributed by atoms with Gasteiger partial charge in [-0.3, -0.25) is 19.2 Å². The number of hydrogen-bond donors (Lipinski definition) is 3. The Hall–Kier alpha value is -3.91. The maximum absolute atomic E-state index is 13.4. The second-order valence-electron chi connectivity index (χ2n) is 9.27. The minimum atomic E-state index is -2.92. The third-order valence-electron chi connectivity index (χ3n) is 6.27. The van der Waals surface area contributed by atoms with E-state index in [1.807, 2.05) is 27.7 Å². The molecule has 0 unspecified atom stereocenters. The van der Waals surface area contributed by atoms with Crippen molar-refractivity contribution < 1.29 is 47.1 Å². The third kappa shape index (κ3) is 10.1. The summed E-state index contributed by atoms with van der Waals surface area (Å²) in [5.74, 6) is -3.11. The Kier molecular flexibility index (Phi) is 14.7. The Morgan fingerprint density at radius 1 is 0.767 bits per heavy atom. The molecule has 0 aromatic heterocycles. The van der Waals surface area contributed by atoms with Crippen LogP contribution in [0.3, 0.4) is 0 Å². The van der Waals surface area contributed by atoms with E-state index in [-0.39, 0.29) is 46.6 Å². The van der Waals surface area contributed by atoms with Crippen LogP contribution >= 0.6 is 0 Å². The van der Waals surface area contributed by atoms with Crippen LogP contribution in [0.4, 0.5) is 0 Å². The van der Waals surface area contributed by atoms with Gasteiger partial charge in [0.05, 0.1) is 16.7 Å². The van der Waals surface area contributed by atoms with Gasteiger partial charge in [0.25, 0.3) is 18.3 Å². The molecule has 0 heterocycles. The molecule has 0 saturated carbocycles. The summed E-state index contributed by atoms with van der Waals surface area (Å²) >= 11 is 0. The number of rotatable bonds is 20. The molecule has 0 aliphatic rings. The first-order valence-corrected chi connectivity index (χ1v) is 16.2. The highest BCUT2D eigenvalue weighted by atomic mass is 28.4. The molecule has 0 fully saturated rings. The topological polar surface area (TPSA) is 167 Å². The third-order valence-corrected chi connectivity index (χ3v) is 9.42. The summed E-state index contributed by atoms with van der Waals surface area (Å²) in [6, 6.07) is 8.13. The summed E-state index contributed by atoms with van der Waals surface area (Å²) in [5.41, 5.74) is -0.370. The fourth-order valence-electron chi connectivity index (χ4n) is 4.31. The van der Waals surface area contributed by atoms with E-state index in [1.165, 1.54) is 36.4 Å². The van der Waals surface area contributed by atoms with Crippen LogP contribution in [0.5, 0.6) is 5.75 Å². The Labute approximate surface area is 252 Å². The lowest BCUT2D eigenvalue weighted by Gasteiger charge is -2.28. The molecule has 0 aliphatic heterocycles.